The molecule has 1 aromatic heterocycles. The van der Waals surface area contributed by atoms with Crippen LogP contribution in [-0.4, -0.2) is 16.7 Å². The molecule has 0 saturated carbocycles. The Kier molecular flexibility index (Phi) is 5.15. The predicted molar refractivity (Wildman–Crippen MR) is 80.4 cm³/mol. The standard InChI is InChI=1S/C15H20ClN3O/c1-10(2)7-11(9-17)8-14-18-15(19-20-14)12-3-5-13(16)6-4-12/h3-6,10-11H,7-9,17H2,1-2H3. The number of nitrogens with two attached hydrogens (primary N) is 1. The van der Waals surface area contributed by atoms with Crippen LogP contribution >= 0.6 is 11.6 Å². The van der Waals surface area contributed by atoms with Gasteiger partial charge in [0.25, 0.3) is 0 Å². The van der Waals surface area contributed by atoms with Crippen molar-refractivity contribution in [2.45, 2.75) is 26.7 Å². The average molecular weight is 294 g/mol. The second-order valence-corrected chi connectivity index (χ2v) is 5.89. The minimum absolute atomic E-state index is 0.383. The fraction of sp³-hybridized carbons (Fsp3) is 0.467. The molecule has 0 aliphatic carbocycles. The van der Waals surface area contributed by atoms with Gasteiger partial charge in [-0.1, -0.05) is 30.6 Å². The van der Waals surface area contributed by atoms with Crippen LogP contribution in [0.15, 0.2) is 28.8 Å². The highest BCUT2D eigenvalue weighted by Crippen LogP contribution is 2.21. The highest BCUT2D eigenvalue weighted by molar-refractivity contribution is 6.30. The number of hydrogen-bond acceptors (Lipinski definition) is 4. The Balaban J connectivity index is 2.06. The molecule has 5 heteroatoms. The Morgan fingerprint density at radius 1 is 1.25 bits per heavy atom. The van der Waals surface area contributed by atoms with E-state index in [0.29, 0.717) is 35.1 Å². The lowest BCUT2D eigenvalue weighted by molar-refractivity contribution is 0.332. The summed E-state index contributed by atoms with van der Waals surface area (Å²) in [5.41, 5.74) is 6.70. The van der Waals surface area contributed by atoms with Gasteiger partial charge in [-0.2, -0.15) is 4.98 Å². The first kappa shape index (κ1) is 15.0. The molecule has 1 aromatic carbocycles. The lowest BCUT2D eigenvalue weighted by Crippen LogP contribution is -2.19. The van der Waals surface area contributed by atoms with Gasteiger partial charge in [0.1, 0.15) is 0 Å². The molecular formula is C15H20ClN3O. The van der Waals surface area contributed by atoms with Gasteiger partial charge in [0.2, 0.25) is 11.7 Å². The van der Waals surface area contributed by atoms with E-state index < -0.39 is 0 Å². The molecule has 0 aliphatic rings. The second kappa shape index (κ2) is 6.86. The molecule has 0 bridgehead atoms. The molecule has 0 radical (unpaired) electrons. The molecule has 1 heterocycles. The summed E-state index contributed by atoms with van der Waals surface area (Å²) in [4.78, 5) is 4.43. The van der Waals surface area contributed by atoms with Gasteiger partial charge >= 0.3 is 0 Å². The van der Waals surface area contributed by atoms with Crippen molar-refractivity contribution in [1.82, 2.24) is 10.1 Å². The fourth-order valence-corrected chi connectivity index (χ4v) is 2.36. The van der Waals surface area contributed by atoms with Crippen LogP contribution in [0.25, 0.3) is 11.4 Å². The summed E-state index contributed by atoms with van der Waals surface area (Å²) in [5, 5.41) is 4.70. The van der Waals surface area contributed by atoms with E-state index in [1.54, 1.807) is 0 Å². The van der Waals surface area contributed by atoms with E-state index in [4.69, 9.17) is 21.9 Å². The van der Waals surface area contributed by atoms with E-state index >= 15 is 0 Å². The number of aromatic nitrogens is 2. The van der Waals surface area contributed by atoms with Crippen molar-refractivity contribution >= 4 is 11.6 Å². The first-order valence-corrected chi connectivity index (χ1v) is 7.25. The van der Waals surface area contributed by atoms with Crippen LogP contribution in [-0.2, 0) is 6.42 Å². The van der Waals surface area contributed by atoms with Crippen LogP contribution in [0.2, 0.25) is 5.02 Å². The van der Waals surface area contributed by atoms with E-state index in [2.05, 4.69) is 24.0 Å². The lowest BCUT2D eigenvalue weighted by atomic mass is 9.94. The maximum Gasteiger partial charge on any atom is 0.227 e. The van der Waals surface area contributed by atoms with Crippen molar-refractivity contribution in [3.8, 4) is 11.4 Å². The summed E-state index contributed by atoms with van der Waals surface area (Å²) in [6.45, 7) is 5.02. The third-order valence-electron chi connectivity index (χ3n) is 3.17. The largest absolute Gasteiger partial charge is 0.339 e. The molecule has 1 atom stereocenters. The van der Waals surface area contributed by atoms with Gasteiger partial charge in [0.05, 0.1) is 0 Å². The second-order valence-electron chi connectivity index (χ2n) is 5.45. The molecule has 0 fully saturated rings. The van der Waals surface area contributed by atoms with E-state index in [1.165, 1.54) is 0 Å². The summed E-state index contributed by atoms with van der Waals surface area (Å²) in [5.74, 6) is 2.23. The minimum atomic E-state index is 0.383. The highest BCUT2D eigenvalue weighted by atomic mass is 35.5. The van der Waals surface area contributed by atoms with Gasteiger partial charge < -0.3 is 10.3 Å². The normalized spacial score (nSPS) is 12.8. The summed E-state index contributed by atoms with van der Waals surface area (Å²) >= 11 is 5.86. The molecule has 1 unspecified atom stereocenters. The predicted octanol–water partition coefficient (Wildman–Crippen LogP) is 3.55. The fourth-order valence-electron chi connectivity index (χ4n) is 2.23. The Hall–Kier alpha value is -1.39. The van der Waals surface area contributed by atoms with Crippen molar-refractivity contribution in [3.05, 3.63) is 35.2 Å². The van der Waals surface area contributed by atoms with Crippen LogP contribution in [0, 0.1) is 11.8 Å². The maximum absolute atomic E-state index is 5.86. The highest BCUT2D eigenvalue weighted by Gasteiger charge is 2.15. The van der Waals surface area contributed by atoms with Gasteiger partial charge in [-0.25, -0.2) is 0 Å². The number of hydrogen-bond donors (Lipinski definition) is 1. The summed E-state index contributed by atoms with van der Waals surface area (Å²) in [7, 11) is 0. The summed E-state index contributed by atoms with van der Waals surface area (Å²) in [6.07, 6.45) is 1.80. The number of nitrogens with zero attached hydrogens (tertiary/aromatic N) is 2. The zero-order chi connectivity index (χ0) is 14.5. The number of halogens is 1. The summed E-state index contributed by atoms with van der Waals surface area (Å²) < 4.78 is 5.31. The van der Waals surface area contributed by atoms with Gasteiger partial charge in [0.15, 0.2) is 0 Å². The Labute approximate surface area is 124 Å². The molecule has 0 amide bonds. The molecule has 0 aliphatic heterocycles. The smallest absolute Gasteiger partial charge is 0.227 e. The number of rotatable bonds is 6. The van der Waals surface area contributed by atoms with Crippen molar-refractivity contribution in [2.75, 3.05) is 6.54 Å². The quantitative estimate of drug-likeness (QED) is 0.884. The molecule has 4 nitrogen and oxygen atoms in total. The van der Waals surface area contributed by atoms with Crippen LogP contribution < -0.4 is 5.73 Å². The molecular weight excluding hydrogens is 274 g/mol. The maximum atomic E-state index is 5.86. The molecule has 20 heavy (non-hydrogen) atoms. The third kappa shape index (κ3) is 4.05. The Morgan fingerprint density at radius 2 is 1.95 bits per heavy atom. The SMILES string of the molecule is CC(C)CC(CN)Cc1nc(-c2ccc(Cl)cc2)no1. The average Bonchev–Trinajstić information content (AvgIpc) is 2.87. The lowest BCUT2D eigenvalue weighted by Gasteiger charge is -2.14. The van der Waals surface area contributed by atoms with Gasteiger partial charge in [-0.3, -0.25) is 0 Å². The Morgan fingerprint density at radius 3 is 2.55 bits per heavy atom. The van der Waals surface area contributed by atoms with Crippen molar-refractivity contribution in [3.63, 3.8) is 0 Å². The third-order valence-corrected chi connectivity index (χ3v) is 3.42. The minimum Gasteiger partial charge on any atom is -0.339 e. The van der Waals surface area contributed by atoms with E-state index in [-0.39, 0.29) is 0 Å². The van der Waals surface area contributed by atoms with E-state index in [1.807, 2.05) is 24.3 Å². The molecule has 0 spiro atoms. The van der Waals surface area contributed by atoms with Crippen LogP contribution in [0.5, 0.6) is 0 Å². The monoisotopic (exact) mass is 293 g/mol. The molecule has 108 valence electrons. The van der Waals surface area contributed by atoms with Crippen molar-refractivity contribution in [1.29, 1.82) is 0 Å². The van der Waals surface area contributed by atoms with Crippen LogP contribution in [0.3, 0.4) is 0 Å². The van der Waals surface area contributed by atoms with E-state index in [9.17, 15) is 0 Å². The Bertz CT molecular complexity index is 536. The van der Waals surface area contributed by atoms with E-state index in [0.717, 1.165) is 18.4 Å². The van der Waals surface area contributed by atoms with Crippen LogP contribution in [0.4, 0.5) is 0 Å². The molecule has 2 aromatic rings. The van der Waals surface area contributed by atoms with Gasteiger partial charge in [-0.15, -0.1) is 0 Å². The zero-order valence-electron chi connectivity index (χ0n) is 11.8. The number of benzene rings is 1. The summed E-state index contributed by atoms with van der Waals surface area (Å²) in [6, 6.07) is 7.39. The van der Waals surface area contributed by atoms with Crippen molar-refractivity contribution < 1.29 is 4.52 Å². The van der Waals surface area contributed by atoms with Gasteiger partial charge in [-0.05, 0) is 49.1 Å². The molecule has 0 saturated heterocycles. The van der Waals surface area contributed by atoms with Gasteiger partial charge in [0, 0.05) is 17.0 Å². The first-order valence-electron chi connectivity index (χ1n) is 6.87. The molecule has 2 rings (SSSR count). The van der Waals surface area contributed by atoms with Crippen LogP contribution in [0.1, 0.15) is 26.2 Å². The first-order chi connectivity index (χ1) is 9.58. The molecule has 2 N–H and O–H groups in total. The zero-order valence-corrected chi connectivity index (χ0v) is 12.6. The van der Waals surface area contributed by atoms with Crippen molar-refractivity contribution in [2.24, 2.45) is 17.6 Å². The topological polar surface area (TPSA) is 64.9 Å².